The third-order valence-corrected chi connectivity index (χ3v) is 7.33. The highest BCUT2D eigenvalue weighted by molar-refractivity contribution is 5.80. The van der Waals surface area contributed by atoms with Gasteiger partial charge in [-0.2, -0.15) is 0 Å². The molecule has 6 nitrogen and oxygen atoms in total. The van der Waals surface area contributed by atoms with E-state index in [1.807, 2.05) is 6.08 Å². The lowest BCUT2D eigenvalue weighted by atomic mass is 10.1. The molecule has 2 N–H and O–H groups in total. The molecule has 1 unspecified atom stereocenters. The van der Waals surface area contributed by atoms with Crippen molar-refractivity contribution in [2.45, 2.75) is 155 Å². The van der Waals surface area contributed by atoms with Gasteiger partial charge >= 0.3 is 11.9 Å². The van der Waals surface area contributed by atoms with Gasteiger partial charge in [-0.1, -0.05) is 126 Å². The average Bonchev–Trinajstić information content (AvgIpc) is 3.04. The first-order valence-corrected chi connectivity index (χ1v) is 18.1. The quantitative estimate of drug-likeness (QED) is 0.0447. The minimum atomic E-state index is -1.03. The van der Waals surface area contributed by atoms with Crippen molar-refractivity contribution in [3.05, 3.63) is 72.9 Å². The van der Waals surface area contributed by atoms with Gasteiger partial charge in [-0.3, -0.25) is 14.4 Å². The molecule has 0 saturated heterocycles. The van der Waals surface area contributed by atoms with Crippen LogP contribution in [0.25, 0.3) is 0 Å². The molecule has 0 aliphatic rings. The monoisotopic (exact) mass is 639 g/mol. The Labute approximate surface area is 281 Å². The minimum Gasteiger partial charge on any atom is -0.480 e. The molecule has 6 heteroatoms. The van der Waals surface area contributed by atoms with Crippen LogP contribution in [0.3, 0.4) is 0 Å². The molecular formula is C40H65NO5. The number of carbonyl (C=O) groups is 3. The van der Waals surface area contributed by atoms with Gasteiger partial charge in [-0.05, 0) is 83.1 Å². The van der Waals surface area contributed by atoms with E-state index in [4.69, 9.17) is 9.84 Å². The summed E-state index contributed by atoms with van der Waals surface area (Å²) in [6, 6.07) is 0. The Morgan fingerprint density at radius 2 is 1.13 bits per heavy atom. The highest BCUT2D eigenvalue weighted by Crippen LogP contribution is 2.14. The van der Waals surface area contributed by atoms with Crippen LogP contribution in [0.15, 0.2) is 72.9 Å². The molecule has 0 rings (SSSR count). The van der Waals surface area contributed by atoms with Gasteiger partial charge in [-0.25, -0.2) is 0 Å². The molecule has 0 aromatic heterocycles. The van der Waals surface area contributed by atoms with E-state index in [1.54, 1.807) is 0 Å². The van der Waals surface area contributed by atoms with E-state index in [0.717, 1.165) is 103 Å². The fourth-order valence-corrected chi connectivity index (χ4v) is 4.70. The number of esters is 1. The summed E-state index contributed by atoms with van der Waals surface area (Å²) in [6.07, 6.45) is 46.0. The summed E-state index contributed by atoms with van der Waals surface area (Å²) in [5.74, 6) is -1.36. The van der Waals surface area contributed by atoms with Gasteiger partial charge in [0, 0.05) is 12.8 Å². The first-order chi connectivity index (χ1) is 22.5. The number of carboxylic acid groups (broad SMARTS) is 1. The normalized spacial score (nSPS) is 12.9. The zero-order chi connectivity index (χ0) is 33.8. The third kappa shape index (κ3) is 33.7. The summed E-state index contributed by atoms with van der Waals surface area (Å²) < 4.78 is 5.87. The van der Waals surface area contributed by atoms with Gasteiger partial charge in [0.05, 0.1) is 0 Å². The molecular weight excluding hydrogens is 574 g/mol. The average molecular weight is 640 g/mol. The predicted molar refractivity (Wildman–Crippen MR) is 194 cm³/mol. The zero-order valence-electron chi connectivity index (χ0n) is 29.1. The molecule has 1 atom stereocenters. The first kappa shape index (κ1) is 42.9. The lowest BCUT2D eigenvalue weighted by Crippen LogP contribution is -2.28. The second-order valence-corrected chi connectivity index (χ2v) is 11.7. The summed E-state index contributed by atoms with van der Waals surface area (Å²) >= 11 is 0. The number of unbranched alkanes of at least 4 members (excludes halogenated alkanes) is 10. The number of ether oxygens (including phenoxy) is 1. The van der Waals surface area contributed by atoms with Gasteiger partial charge in [0.2, 0.25) is 5.91 Å². The molecule has 0 aromatic carbocycles. The largest absolute Gasteiger partial charge is 0.480 e. The Morgan fingerprint density at radius 1 is 0.609 bits per heavy atom. The van der Waals surface area contributed by atoms with Crippen LogP contribution in [0.5, 0.6) is 0 Å². The summed E-state index contributed by atoms with van der Waals surface area (Å²) in [5, 5.41) is 11.0. The number of carbonyl (C=O) groups excluding carboxylic acids is 2. The fourth-order valence-electron chi connectivity index (χ4n) is 4.70. The number of allylic oxidation sites excluding steroid dienone is 11. The van der Waals surface area contributed by atoms with Gasteiger partial charge < -0.3 is 15.2 Å². The SMILES string of the molecule is CC/C=C\C/C=C\C/C=C\C/C=C\C(CCCCCCCC(=O)NCC(=O)O)OC(=O)CCCCCCC/C=C\C/C=C\CCC. The van der Waals surface area contributed by atoms with Crippen molar-refractivity contribution >= 4 is 17.8 Å². The highest BCUT2D eigenvalue weighted by Gasteiger charge is 2.11. The van der Waals surface area contributed by atoms with Crippen LogP contribution in [0, 0.1) is 0 Å². The molecule has 0 radical (unpaired) electrons. The molecule has 0 saturated carbocycles. The van der Waals surface area contributed by atoms with Crippen LogP contribution in [0.4, 0.5) is 0 Å². The van der Waals surface area contributed by atoms with E-state index in [1.165, 1.54) is 19.3 Å². The minimum absolute atomic E-state index is 0.112. The van der Waals surface area contributed by atoms with Crippen molar-refractivity contribution in [1.82, 2.24) is 5.32 Å². The molecule has 260 valence electrons. The fraction of sp³-hybridized carbons (Fsp3) is 0.625. The summed E-state index contributed by atoms with van der Waals surface area (Å²) in [7, 11) is 0. The van der Waals surface area contributed by atoms with Crippen LogP contribution in [0.2, 0.25) is 0 Å². The van der Waals surface area contributed by atoms with E-state index in [9.17, 15) is 14.4 Å². The molecule has 0 aliphatic carbocycles. The molecule has 0 bridgehead atoms. The van der Waals surface area contributed by atoms with E-state index in [0.29, 0.717) is 12.8 Å². The zero-order valence-corrected chi connectivity index (χ0v) is 29.1. The molecule has 0 heterocycles. The van der Waals surface area contributed by atoms with Gasteiger partial charge in [-0.15, -0.1) is 0 Å². The number of nitrogens with one attached hydrogen (secondary N) is 1. The lowest BCUT2D eigenvalue weighted by molar-refractivity contribution is -0.147. The van der Waals surface area contributed by atoms with Crippen LogP contribution in [-0.4, -0.2) is 35.6 Å². The van der Waals surface area contributed by atoms with Gasteiger partial charge in [0.15, 0.2) is 0 Å². The molecule has 0 aliphatic heterocycles. The number of hydrogen-bond acceptors (Lipinski definition) is 4. The maximum absolute atomic E-state index is 12.6. The van der Waals surface area contributed by atoms with E-state index >= 15 is 0 Å². The number of rotatable bonds is 31. The predicted octanol–water partition coefficient (Wildman–Crippen LogP) is 10.7. The van der Waals surface area contributed by atoms with Crippen LogP contribution < -0.4 is 5.32 Å². The third-order valence-electron chi connectivity index (χ3n) is 7.33. The van der Waals surface area contributed by atoms with Crippen LogP contribution >= 0.6 is 0 Å². The van der Waals surface area contributed by atoms with E-state index in [2.05, 4.69) is 86.0 Å². The number of carboxylic acids is 1. The molecule has 0 aromatic rings. The van der Waals surface area contributed by atoms with E-state index < -0.39 is 5.97 Å². The summed E-state index contributed by atoms with van der Waals surface area (Å²) in [4.78, 5) is 34.8. The topological polar surface area (TPSA) is 92.7 Å². The second kappa shape index (κ2) is 34.7. The maximum Gasteiger partial charge on any atom is 0.322 e. The molecule has 46 heavy (non-hydrogen) atoms. The standard InChI is InChI=1S/C40H65NO5/c1-3-5-7-9-11-13-15-16-18-20-22-27-31-35-40(45)46-37(32-28-24-21-19-17-14-12-10-8-6-4-2)33-29-25-23-26-30-34-38(42)41-36-39(43)44/h6-9,12-15,19,21,28,32,37H,3-5,10-11,16-18,20,22-27,29-31,33-36H2,1-2H3,(H,41,42)(H,43,44)/b8-6-,9-7-,14-12-,15-13-,21-19-,32-28-. The summed E-state index contributed by atoms with van der Waals surface area (Å²) in [5.41, 5.74) is 0. The molecule has 0 fully saturated rings. The summed E-state index contributed by atoms with van der Waals surface area (Å²) in [6.45, 7) is 4.01. The van der Waals surface area contributed by atoms with Gasteiger partial charge in [0.1, 0.15) is 12.6 Å². The molecule has 1 amide bonds. The van der Waals surface area contributed by atoms with E-state index in [-0.39, 0.29) is 24.5 Å². The van der Waals surface area contributed by atoms with Crippen molar-refractivity contribution in [3.8, 4) is 0 Å². The molecule has 0 spiro atoms. The smallest absolute Gasteiger partial charge is 0.322 e. The first-order valence-electron chi connectivity index (χ1n) is 18.1. The van der Waals surface area contributed by atoms with Crippen LogP contribution in [-0.2, 0) is 19.1 Å². The Bertz CT molecular complexity index is 928. The van der Waals surface area contributed by atoms with Crippen molar-refractivity contribution in [3.63, 3.8) is 0 Å². The Kier molecular flexibility index (Phi) is 32.3. The van der Waals surface area contributed by atoms with Crippen molar-refractivity contribution in [2.24, 2.45) is 0 Å². The van der Waals surface area contributed by atoms with Crippen molar-refractivity contribution in [1.29, 1.82) is 0 Å². The highest BCUT2D eigenvalue weighted by atomic mass is 16.5. The van der Waals surface area contributed by atoms with Crippen LogP contribution in [0.1, 0.15) is 149 Å². The van der Waals surface area contributed by atoms with Crippen molar-refractivity contribution in [2.75, 3.05) is 6.54 Å². The Balaban J connectivity index is 4.39. The Morgan fingerprint density at radius 3 is 1.76 bits per heavy atom. The lowest BCUT2D eigenvalue weighted by Gasteiger charge is -2.14. The Hall–Kier alpha value is -3.15. The maximum atomic E-state index is 12.6. The van der Waals surface area contributed by atoms with Gasteiger partial charge in [0.25, 0.3) is 0 Å². The number of aliphatic carboxylic acids is 1. The second-order valence-electron chi connectivity index (χ2n) is 11.7. The number of amides is 1. The number of hydrogen-bond donors (Lipinski definition) is 2. The van der Waals surface area contributed by atoms with Crippen molar-refractivity contribution < 1.29 is 24.2 Å².